The highest BCUT2D eigenvalue weighted by atomic mass is 35.5. The summed E-state index contributed by atoms with van der Waals surface area (Å²) in [5.41, 5.74) is 1.27. The number of aryl methyl sites for hydroxylation is 2. The number of hydrogen-bond donors (Lipinski definition) is 1. The minimum atomic E-state index is -0.355. The van der Waals surface area contributed by atoms with Crippen molar-refractivity contribution in [3.63, 3.8) is 0 Å². The van der Waals surface area contributed by atoms with Crippen molar-refractivity contribution in [2.75, 3.05) is 0 Å². The second-order valence-electron chi connectivity index (χ2n) is 4.90. The number of benzene rings is 1. The van der Waals surface area contributed by atoms with Crippen LogP contribution in [-0.4, -0.2) is 26.0 Å². The molecule has 108 valence electrons. The molecule has 0 amide bonds. The van der Waals surface area contributed by atoms with Gasteiger partial charge in [0.25, 0.3) is 0 Å². The summed E-state index contributed by atoms with van der Waals surface area (Å²) in [5, 5.41) is 14.6. The van der Waals surface area contributed by atoms with E-state index in [0.717, 1.165) is 36.5 Å². The van der Waals surface area contributed by atoms with Gasteiger partial charge in [0, 0.05) is 11.4 Å². The van der Waals surface area contributed by atoms with Crippen LogP contribution in [0, 0.1) is 0 Å². The van der Waals surface area contributed by atoms with Gasteiger partial charge in [-0.1, -0.05) is 30.7 Å². The van der Waals surface area contributed by atoms with E-state index in [2.05, 4.69) is 10.1 Å². The van der Waals surface area contributed by atoms with E-state index in [1.165, 1.54) is 5.56 Å². The van der Waals surface area contributed by atoms with Crippen LogP contribution in [0.5, 0.6) is 0 Å². The van der Waals surface area contributed by atoms with Crippen LogP contribution >= 0.6 is 11.6 Å². The number of nitrogens with zero attached hydrogens (tertiary/aromatic N) is 3. The van der Waals surface area contributed by atoms with Crippen molar-refractivity contribution in [2.45, 2.75) is 45.3 Å². The van der Waals surface area contributed by atoms with Crippen LogP contribution in [0.1, 0.15) is 31.2 Å². The van der Waals surface area contributed by atoms with Gasteiger partial charge in [-0.25, -0.2) is 9.67 Å². The van der Waals surface area contributed by atoms with Gasteiger partial charge in [0.2, 0.25) is 0 Å². The molecule has 0 aliphatic carbocycles. The molecule has 1 atom stereocenters. The number of rotatable bonds is 7. The lowest BCUT2D eigenvalue weighted by atomic mass is 10.1. The number of aliphatic hydroxyl groups excluding tert-OH is 1. The number of halogens is 1. The monoisotopic (exact) mass is 293 g/mol. The molecule has 2 rings (SSSR count). The molecule has 0 spiro atoms. The Hall–Kier alpha value is -1.39. The van der Waals surface area contributed by atoms with E-state index in [9.17, 15) is 5.11 Å². The van der Waals surface area contributed by atoms with Crippen LogP contribution in [0.4, 0.5) is 0 Å². The maximum Gasteiger partial charge on any atom is 0.138 e. The molecule has 0 bridgehead atoms. The van der Waals surface area contributed by atoms with E-state index in [1.54, 1.807) is 11.0 Å². The smallest absolute Gasteiger partial charge is 0.138 e. The minimum Gasteiger partial charge on any atom is -0.391 e. The third-order valence-corrected chi connectivity index (χ3v) is 3.58. The van der Waals surface area contributed by atoms with Gasteiger partial charge in [-0.3, -0.25) is 0 Å². The third kappa shape index (κ3) is 4.32. The molecule has 0 aliphatic rings. The van der Waals surface area contributed by atoms with E-state index in [4.69, 9.17) is 11.6 Å². The highest BCUT2D eigenvalue weighted by Gasteiger charge is 2.08. The zero-order chi connectivity index (χ0) is 14.4. The molecule has 2 aromatic rings. The van der Waals surface area contributed by atoms with Gasteiger partial charge in [-0.15, -0.1) is 0 Å². The molecule has 1 N–H and O–H groups in total. The molecule has 0 saturated heterocycles. The molecular weight excluding hydrogens is 274 g/mol. The molecule has 1 aromatic heterocycles. The van der Waals surface area contributed by atoms with Crippen molar-refractivity contribution in [3.8, 4) is 0 Å². The molecule has 0 aliphatic heterocycles. The molecule has 0 fully saturated rings. The van der Waals surface area contributed by atoms with Gasteiger partial charge in [-0.2, -0.15) is 5.10 Å². The number of hydrogen-bond acceptors (Lipinski definition) is 3. The molecular formula is C15H20ClN3O. The summed E-state index contributed by atoms with van der Waals surface area (Å²) in [6.45, 7) is 2.48. The zero-order valence-corrected chi connectivity index (χ0v) is 12.4. The fourth-order valence-corrected chi connectivity index (χ4v) is 2.19. The Labute approximate surface area is 124 Å². The molecule has 1 aromatic carbocycles. The standard InChI is InChI=1S/C15H20ClN3O/c1-2-14(20)10-19-15(17-11-18-19)5-3-4-12-6-8-13(16)9-7-12/h6-9,11,14,20H,2-5,10H2,1H3/t14-/m0/s1. The summed E-state index contributed by atoms with van der Waals surface area (Å²) in [5.74, 6) is 0.937. The van der Waals surface area contributed by atoms with Crippen LogP contribution < -0.4 is 0 Å². The fraction of sp³-hybridized carbons (Fsp3) is 0.467. The molecule has 1 heterocycles. The fourth-order valence-electron chi connectivity index (χ4n) is 2.06. The van der Waals surface area contributed by atoms with Crippen LogP contribution in [-0.2, 0) is 19.4 Å². The predicted molar refractivity (Wildman–Crippen MR) is 79.8 cm³/mol. The second kappa shape index (κ2) is 7.41. The topological polar surface area (TPSA) is 50.9 Å². The molecule has 5 heteroatoms. The van der Waals surface area contributed by atoms with Crippen LogP contribution in [0.25, 0.3) is 0 Å². The lowest BCUT2D eigenvalue weighted by molar-refractivity contribution is 0.143. The summed E-state index contributed by atoms with van der Waals surface area (Å²) >= 11 is 5.86. The van der Waals surface area contributed by atoms with E-state index >= 15 is 0 Å². The maximum atomic E-state index is 9.68. The quantitative estimate of drug-likeness (QED) is 0.854. The summed E-state index contributed by atoms with van der Waals surface area (Å²) in [6.07, 6.45) is 4.78. The largest absolute Gasteiger partial charge is 0.391 e. The van der Waals surface area contributed by atoms with E-state index < -0.39 is 0 Å². The first-order chi connectivity index (χ1) is 9.69. The van der Waals surface area contributed by atoms with Crippen molar-refractivity contribution >= 4 is 11.6 Å². The average Bonchev–Trinajstić information content (AvgIpc) is 2.88. The predicted octanol–water partition coefficient (Wildman–Crippen LogP) is 2.88. The van der Waals surface area contributed by atoms with E-state index in [-0.39, 0.29) is 6.10 Å². The van der Waals surface area contributed by atoms with Gasteiger partial charge < -0.3 is 5.11 Å². The average molecular weight is 294 g/mol. The van der Waals surface area contributed by atoms with Crippen LogP contribution in [0.15, 0.2) is 30.6 Å². The van der Waals surface area contributed by atoms with Gasteiger partial charge in [0.15, 0.2) is 0 Å². The van der Waals surface area contributed by atoms with Crippen LogP contribution in [0.2, 0.25) is 5.02 Å². The Bertz CT molecular complexity index is 524. The SMILES string of the molecule is CC[C@H](O)Cn1ncnc1CCCc1ccc(Cl)cc1. The second-order valence-corrected chi connectivity index (χ2v) is 5.34. The van der Waals surface area contributed by atoms with Crippen molar-refractivity contribution in [1.82, 2.24) is 14.8 Å². The first-order valence-electron chi connectivity index (χ1n) is 6.98. The zero-order valence-electron chi connectivity index (χ0n) is 11.7. The molecule has 0 saturated carbocycles. The number of aromatic nitrogens is 3. The first kappa shape index (κ1) is 15.0. The van der Waals surface area contributed by atoms with Gasteiger partial charge in [0.05, 0.1) is 12.6 Å². The normalized spacial score (nSPS) is 12.6. The molecule has 0 radical (unpaired) electrons. The van der Waals surface area contributed by atoms with E-state index in [1.807, 2.05) is 31.2 Å². The summed E-state index contributed by atoms with van der Waals surface area (Å²) in [7, 11) is 0. The summed E-state index contributed by atoms with van der Waals surface area (Å²) in [6, 6.07) is 7.93. The van der Waals surface area contributed by atoms with Gasteiger partial charge in [-0.05, 0) is 37.0 Å². The first-order valence-corrected chi connectivity index (χ1v) is 7.36. The Balaban J connectivity index is 1.85. The molecule has 0 unspecified atom stereocenters. The van der Waals surface area contributed by atoms with Gasteiger partial charge >= 0.3 is 0 Å². The Kier molecular flexibility index (Phi) is 5.56. The van der Waals surface area contributed by atoms with Crippen molar-refractivity contribution in [2.24, 2.45) is 0 Å². The summed E-state index contributed by atoms with van der Waals surface area (Å²) in [4.78, 5) is 4.27. The van der Waals surface area contributed by atoms with Crippen molar-refractivity contribution in [3.05, 3.63) is 47.0 Å². The van der Waals surface area contributed by atoms with Crippen molar-refractivity contribution < 1.29 is 5.11 Å². The lowest BCUT2D eigenvalue weighted by Crippen LogP contribution is -2.18. The van der Waals surface area contributed by atoms with Crippen LogP contribution in [0.3, 0.4) is 0 Å². The maximum absolute atomic E-state index is 9.68. The summed E-state index contributed by atoms with van der Waals surface area (Å²) < 4.78 is 1.80. The lowest BCUT2D eigenvalue weighted by Gasteiger charge is -2.10. The highest BCUT2D eigenvalue weighted by molar-refractivity contribution is 6.30. The van der Waals surface area contributed by atoms with Gasteiger partial charge in [0.1, 0.15) is 12.2 Å². The third-order valence-electron chi connectivity index (χ3n) is 3.33. The molecule has 20 heavy (non-hydrogen) atoms. The number of aliphatic hydroxyl groups is 1. The van der Waals surface area contributed by atoms with E-state index in [0.29, 0.717) is 6.54 Å². The Morgan fingerprint density at radius 3 is 2.70 bits per heavy atom. The molecule has 4 nitrogen and oxygen atoms in total. The Morgan fingerprint density at radius 1 is 1.25 bits per heavy atom. The Morgan fingerprint density at radius 2 is 2.00 bits per heavy atom. The highest BCUT2D eigenvalue weighted by Crippen LogP contribution is 2.12. The van der Waals surface area contributed by atoms with Crippen molar-refractivity contribution in [1.29, 1.82) is 0 Å². The minimum absolute atomic E-state index is 0.355.